The number of likely N-dealkylation sites (tertiary alicyclic amines) is 1. The second kappa shape index (κ2) is 5.45. The van der Waals surface area contributed by atoms with E-state index in [9.17, 15) is 4.79 Å². The molecule has 1 N–H and O–H groups in total. The van der Waals surface area contributed by atoms with Crippen molar-refractivity contribution in [1.82, 2.24) is 35.1 Å². The smallest absolute Gasteiger partial charge is 0.247 e. The van der Waals surface area contributed by atoms with Crippen LogP contribution >= 0.6 is 0 Å². The van der Waals surface area contributed by atoms with Crippen LogP contribution in [0.1, 0.15) is 37.7 Å². The number of fused-ring (bicyclic) bond motifs is 1. The van der Waals surface area contributed by atoms with Crippen molar-refractivity contribution in [2.75, 3.05) is 6.54 Å². The van der Waals surface area contributed by atoms with Crippen LogP contribution in [0.5, 0.6) is 0 Å². The molecule has 3 aromatic rings. The van der Waals surface area contributed by atoms with Crippen molar-refractivity contribution in [2.24, 2.45) is 0 Å². The lowest BCUT2D eigenvalue weighted by atomic mass is 10.2. The average molecular weight is 311 g/mol. The van der Waals surface area contributed by atoms with Gasteiger partial charge in [0.25, 0.3) is 0 Å². The minimum atomic E-state index is -0.421. The van der Waals surface area contributed by atoms with E-state index < -0.39 is 6.04 Å². The zero-order valence-corrected chi connectivity index (χ0v) is 12.8. The maximum atomic E-state index is 12.8. The molecular formula is C15H17N7O. The molecule has 0 radical (unpaired) electrons. The lowest BCUT2D eigenvalue weighted by Crippen LogP contribution is -2.36. The van der Waals surface area contributed by atoms with Crippen molar-refractivity contribution < 1.29 is 4.79 Å². The minimum absolute atomic E-state index is 0.0141. The van der Waals surface area contributed by atoms with Crippen LogP contribution in [-0.4, -0.2) is 47.5 Å². The minimum Gasteiger partial charge on any atom is -0.340 e. The van der Waals surface area contributed by atoms with E-state index in [0.717, 1.165) is 36.2 Å². The van der Waals surface area contributed by atoms with E-state index in [1.165, 1.54) is 11.0 Å². The number of nitrogens with zero attached hydrogens (tertiary/aromatic N) is 6. The summed E-state index contributed by atoms with van der Waals surface area (Å²) >= 11 is 0. The average Bonchev–Trinajstić information content (AvgIpc) is 3.32. The van der Waals surface area contributed by atoms with Gasteiger partial charge in [-0.15, -0.1) is 5.10 Å². The first kappa shape index (κ1) is 13.9. The number of rotatable bonds is 3. The van der Waals surface area contributed by atoms with Gasteiger partial charge in [0.1, 0.15) is 18.2 Å². The molecule has 1 fully saturated rings. The lowest BCUT2D eigenvalue weighted by Gasteiger charge is -2.25. The Bertz CT molecular complexity index is 792. The highest BCUT2D eigenvalue weighted by Gasteiger charge is 2.35. The fraction of sp³-hybridized carbons (Fsp3) is 0.400. The monoisotopic (exact) mass is 311 g/mol. The van der Waals surface area contributed by atoms with Crippen molar-refractivity contribution in [2.45, 2.75) is 31.8 Å². The van der Waals surface area contributed by atoms with Crippen molar-refractivity contribution in [3.63, 3.8) is 0 Å². The molecule has 23 heavy (non-hydrogen) atoms. The second-order valence-electron chi connectivity index (χ2n) is 5.79. The molecule has 2 aromatic heterocycles. The number of carbonyl (C=O) groups excluding carboxylic acids is 1. The number of amides is 1. The molecule has 4 rings (SSSR count). The third-order valence-corrected chi connectivity index (χ3v) is 4.38. The van der Waals surface area contributed by atoms with E-state index >= 15 is 0 Å². The molecule has 1 aliphatic heterocycles. The number of aromatic nitrogens is 6. The zero-order chi connectivity index (χ0) is 15.8. The maximum absolute atomic E-state index is 12.8. The first-order valence-corrected chi connectivity index (χ1v) is 7.71. The molecule has 0 saturated carbocycles. The van der Waals surface area contributed by atoms with E-state index in [-0.39, 0.29) is 11.9 Å². The van der Waals surface area contributed by atoms with Gasteiger partial charge in [-0.05, 0) is 42.3 Å². The molecule has 3 heterocycles. The van der Waals surface area contributed by atoms with Gasteiger partial charge in [0.05, 0.1) is 17.1 Å². The van der Waals surface area contributed by atoms with Crippen LogP contribution < -0.4 is 0 Å². The number of para-hydroxylation sites is 2. The predicted molar refractivity (Wildman–Crippen MR) is 82.3 cm³/mol. The van der Waals surface area contributed by atoms with Crippen LogP contribution in [-0.2, 0) is 4.79 Å². The van der Waals surface area contributed by atoms with Crippen LogP contribution in [0.2, 0.25) is 0 Å². The summed E-state index contributed by atoms with van der Waals surface area (Å²) in [6, 6.07) is 7.46. The molecule has 1 saturated heterocycles. The van der Waals surface area contributed by atoms with Crippen molar-refractivity contribution in [1.29, 1.82) is 0 Å². The largest absolute Gasteiger partial charge is 0.340 e. The quantitative estimate of drug-likeness (QED) is 0.790. The fourth-order valence-electron chi connectivity index (χ4n) is 3.14. The summed E-state index contributed by atoms with van der Waals surface area (Å²) in [5.74, 6) is 0.862. The Labute approximate surface area is 132 Å². The number of hydrogen-bond donors (Lipinski definition) is 1. The molecule has 0 bridgehead atoms. The van der Waals surface area contributed by atoms with Gasteiger partial charge in [0, 0.05) is 6.54 Å². The highest BCUT2D eigenvalue weighted by molar-refractivity contribution is 5.81. The van der Waals surface area contributed by atoms with Gasteiger partial charge in [-0.2, -0.15) is 0 Å². The normalized spacial score (nSPS) is 19.3. The zero-order valence-electron chi connectivity index (χ0n) is 12.8. The standard InChI is InChI=1S/C15H17N7O/c1-10(22-9-16-19-20-22)15(23)21-8-4-7-13(21)14-17-11-5-2-3-6-12(11)18-14/h2-3,5-6,9-10,13H,4,7-8H2,1H3,(H,17,18)/t10-,13-/m0/s1. The van der Waals surface area contributed by atoms with Gasteiger partial charge in [0.2, 0.25) is 5.91 Å². The molecule has 1 aromatic carbocycles. The molecule has 1 amide bonds. The number of carbonyl (C=O) groups is 1. The summed E-state index contributed by atoms with van der Waals surface area (Å²) in [6.07, 6.45) is 3.35. The summed E-state index contributed by atoms with van der Waals surface area (Å²) in [7, 11) is 0. The highest BCUT2D eigenvalue weighted by atomic mass is 16.2. The van der Waals surface area contributed by atoms with Crippen molar-refractivity contribution in [3.8, 4) is 0 Å². The molecule has 2 atom stereocenters. The lowest BCUT2D eigenvalue weighted by molar-refractivity contribution is -0.135. The fourth-order valence-corrected chi connectivity index (χ4v) is 3.14. The number of nitrogens with one attached hydrogen (secondary N) is 1. The van der Waals surface area contributed by atoms with Gasteiger partial charge >= 0.3 is 0 Å². The Kier molecular flexibility index (Phi) is 3.29. The molecule has 1 aliphatic rings. The van der Waals surface area contributed by atoms with Crippen LogP contribution in [0.15, 0.2) is 30.6 Å². The summed E-state index contributed by atoms with van der Waals surface area (Å²) in [5, 5.41) is 11.0. The SMILES string of the molecule is C[C@@H](C(=O)N1CCC[C@H]1c1nc2ccccc2[nH]1)n1cnnn1. The molecule has 0 spiro atoms. The third kappa shape index (κ3) is 2.36. The second-order valence-corrected chi connectivity index (χ2v) is 5.79. The van der Waals surface area contributed by atoms with Crippen LogP contribution in [0.3, 0.4) is 0 Å². The topological polar surface area (TPSA) is 92.6 Å². The molecular weight excluding hydrogens is 294 g/mol. The Morgan fingerprint density at radius 3 is 3.04 bits per heavy atom. The van der Waals surface area contributed by atoms with E-state index in [1.54, 1.807) is 0 Å². The first-order valence-electron chi connectivity index (χ1n) is 7.71. The van der Waals surface area contributed by atoms with E-state index in [2.05, 4.69) is 25.5 Å². The molecule has 8 heteroatoms. The Morgan fingerprint density at radius 1 is 1.39 bits per heavy atom. The van der Waals surface area contributed by atoms with E-state index in [1.807, 2.05) is 36.1 Å². The van der Waals surface area contributed by atoms with Gasteiger partial charge in [-0.1, -0.05) is 12.1 Å². The predicted octanol–water partition coefficient (Wildman–Crippen LogP) is 1.47. The number of aromatic amines is 1. The number of H-pyrrole nitrogens is 1. The third-order valence-electron chi connectivity index (χ3n) is 4.38. The number of tetrazole rings is 1. The van der Waals surface area contributed by atoms with Gasteiger partial charge in [0.15, 0.2) is 0 Å². The molecule has 0 unspecified atom stereocenters. The number of imidazole rings is 1. The Hall–Kier alpha value is -2.77. The van der Waals surface area contributed by atoms with Gasteiger partial charge < -0.3 is 9.88 Å². The maximum Gasteiger partial charge on any atom is 0.247 e. The summed E-state index contributed by atoms with van der Waals surface area (Å²) in [5.41, 5.74) is 1.92. The van der Waals surface area contributed by atoms with E-state index in [4.69, 9.17) is 0 Å². The summed E-state index contributed by atoms with van der Waals surface area (Å²) in [4.78, 5) is 22.7. The Morgan fingerprint density at radius 2 is 2.26 bits per heavy atom. The molecule has 0 aliphatic carbocycles. The number of hydrogen-bond acceptors (Lipinski definition) is 5. The first-order chi connectivity index (χ1) is 11.2. The highest BCUT2D eigenvalue weighted by Crippen LogP contribution is 2.33. The number of benzene rings is 1. The van der Waals surface area contributed by atoms with Crippen LogP contribution in [0, 0.1) is 0 Å². The molecule has 8 nitrogen and oxygen atoms in total. The Balaban J connectivity index is 1.62. The summed E-state index contributed by atoms with van der Waals surface area (Å²) in [6.45, 7) is 2.54. The summed E-state index contributed by atoms with van der Waals surface area (Å²) < 4.78 is 1.48. The van der Waals surface area contributed by atoms with Gasteiger partial charge in [-0.25, -0.2) is 9.67 Å². The molecule has 118 valence electrons. The van der Waals surface area contributed by atoms with Crippen molar-refractivity contribution in [3.05, 3.63) is 36.4 Å². The van der Waals surface area contributed by atoms with Crippen LogP contribution in [0.4, 0.5) is 0 Å². The van der Waals surface area contributed by atoms with Crippen LogP contribution in [0.25, 0.3) is 11.0 Å². The van der Waals surface area contributed by atoms with Gasteiger partial charge in [-0.3, -0.25) is 4.79 Å². The van der Waals surface area contributed by atoms with E-state index in [0.29, 0.717) is 0 Å². The van der Waals surface area contributed by atoms with Crippen molar-refractivity contribution >= 4 is 16.9 Å².